The molecule has 6 nitrogen and oxygen atoms in total. The maximum absolute atomic E-state index is 13.7. The summed E-state index contributed by atoms with van der Waals surface area (Å²) in [6, 6.07) is 3.76. The fraction of sp³-hybridized carbons (Fsp3) is 0.600. The van der Waals surface area contributed by atoms with E-state index in [2.05, 4.69) is 10.6 Å². The van der Waals surface area contributed by atoms with Crippen LogP contribution in [-0.2, 0) is 4.79 Å². The zero-order valence-corrected chi connectivity index (χ0v) is 17.6. The van der Waals surface area contributed by atoms with Crippen LogP contribution in [0.1, 0.15) is 30.7 Å². The molecule has 2 saturated heterocycles. The molecule has 0 saturated carbocycles. The molecule has 2 atom stereocenters. The number of carbonyl (C=O) groups is 2. The Morgan fingerprint density at radius 1 is 1.14 bits per heavy atom. The maximum Gasteiger partial charge on any atom is 0.319 e. The molecule has 2 heterocycles. The molecule has 162 valence electrons. The van der Waals surface area contributed by atoms with Gasteiger partial charge in [-0.25, -0.2) is 13.6 Å². The van der Waals surface area contributed by atoms with Crippen molar-refractivity contribution < 1.29 is 18.4 Å². The second-order valence-electron chi connectivity index (χ2n) is 7.83. The third-order valence-corrected chi connectivity index (χ3v) is 5.70. The van der Waals surface area contributed by atoms with Crippen LogP contribution in [0.3, 0.4) is 0 Å². The number of halogens is 3. The lowest BCUT2D eigenvalue weighted by molar-refractivity contribution is -0.127. The zero-order chi connectivity index (χ0) is 20.3. The van der Waals surface area contributed by atoms with Crippen molar-refractivity contribution in [3.8, 4) is 0 Å². The van der Waals surface area contributed by atoms with E-state index in [1.54, 1.807) is 30.0 Å². The SMILES string of the molecule is CN(C)C(=O)N1CCC(C(=O)NC2CNCCC2c2ccc(F)c(F)c2)CC1.Cl. The average molecular weight is 431 g/mol. The Morgan fingerprint density at radius 3 is 2.45 bits per heavy atom. The van der Waals surface area contributed by atoms with E-state index in [-0.39, 0.29) is 42.2 Å². The standard InChI is InChI=1S/C20H28F2N4O2.ClH/c1-25(2)20(28)26-9-6-13(7-10-26)19(27)24-18-12-23-8-5-15(18)14-3-4-16(21)17(22)11-14;/h3-4,11,13,15,18,23H,5-10,12H2,1-2H3,(H,24,27);1H. The van der Waals surface area contributed by atoms with Gasteiger partial charge in [0.05, 0.1) is 0 Å². The summed E-state index contributed by atoms with van der Waals surface area (Å²) in [5.41, 5.74) is 0.706. The summed E-state index contributed by atoms with van der Waals surface area (Å²) in [6.07, 6.45) is 1.99. The first-order chi connectivity index (χ1) is 13.4. The van der Waals surface area contributed by atoms with Crippen molar-refractivity contribution in [2.75, 3.05) is 40.3 Å². The van der Waals surface area contributed by atoms with E-state index in [4.69, 9.17) is 0 Å². The number of hydrogen-bond donors (Lipinski definition) is 2. The number of hydrogen-bond acceptors (Lipinski definition) is 3. The van der Waals surface area contributed by atoms with E-state index >= 15 is 0 Å². The minimum absolute atomic E-state index is 0. The van der Waals surface area contributed by atoms with Gasteiger partial charge in [0.15, 0.2) is 11.6 Å². The molecule has 0 radical (unpaired) electrons. The molecule has 3 rings (SSSR count). The topological polar surface area (TPSA) is 64.7 Å². The van der Waals surface area contributed by atoms with E-state index in [0.29, 0.717) is 38.0 Å². The Balaban J connectivity index is 0.00000300. The predicted octanol–water partition coefficient (Wildman–Crippen LogP) is 2.34. The van der Waals surface area contributed by atoms with Gasteiger partial charge in [0, 0.05) is 51.6 Å². The van der Waals surface area contributed by atoms with Crippen molar-refractivity contribution in [2.45, 2.75) is 31.2 Å². The van der Waals surface area contributed by atoms with E-state index in [9.17, 15) is 18.4 Å². The lowest BCUT2D eigenvalue weighted by Crippen LogP contribution is -2.53. The van der Waals surface area contributed by atoms with Crippen molar-refractivity contribution >= 4 is 24.3 Å². The molecule has 2 aliphatic rings. The fourth-order valence-electron chi connectivity index (χ4n) is 4.07. The molecule has 29 heavy (non-hydrogen) atoms. The van der Waals surface area contributed by atoms with E-state index < -0.39 is 11.6 Å². The summed E-state index contributed by atoms with van der Waals surface area (Å²) in [5, 5.41) is 6.37. The molecule has 2 unspecified atom stereocenters. The summed E-state index contributed by atoms with van der Waals surface area (Å²) < 4.78 is 26.9. The number of nitrogens with one attached hydrogen (secondary N) is 2. The number of nitrogens with zero attached hydrogens (tertiary/aromatic N) is 2. The van der Waals surface area contributed by atoms with Crippen molar-refractivity contribution in [1.29, 1.82) is 0 Å². The lowest BCUT2D eigenvalue weighted by atomic mass is 9.85. The van der Waals surface area contributed by atoms with Crippen LogP contribution in [0.5, 0.6) is 0 Å². The Kier molecular flexibility index (Phi) is 8.22. The second kappa shape index (κ2) is 10.2. The van der Waals surface area contributed by atoms with Crippen molar-refractivity contribution in [1.82, 2.24) is 20.4 Å². The molecule has 3 amide bonds. The Morgan fingerprint density at radius 2 is 1.83 bits per heavy atom. The third kappa shape index (κ3) is 5.57. The Hall–Kier alpha value is -1.93. The highest BCUT2D eigenvalue weighted by Crippen LogP contribution is 2.28. The third-order valence-electron chi connectivity index (χ3n) is 5.70. The molecule has 0 aliphatic carbocycles. The summed E-state index contributed by atoms with van der Waals surface area (Å²) in [4.78, 5) is 28.1. The van der Waals surface area contributed by atoms with Gasteiger partial charge in [-0.2, -0.15) is 0 Å². The highest BCUT2D eigenvalue weighted by molar-refractivity contribution is 5.85. The van der Waals surface area contributed by atoms with Gasteiger partial charge in [0.1, 0.15) is 0 Å². The molecule has 1 aromatic rings. The molecule has 1 aromatic carbocycles. The number of carbonyl (C=O) groups excluding carboxylic acids is 2. The zero-order valence-electron chi connectivity index (χ0n) is 16.8. The first-order valence-corrected chi connectivity index (χ1v) is 9.79. The van der Waals surface area contributed by atoms with Crippen LogP contribution in [-0.4, -0.2) is 68.1 Å². The van der Waals surface area contributed by atoms with Crippen LogP contribution in [0, 0.1) is 17.6 Å². The molecular weight excluding hydrogens is 402 g/mol. The molecule has 2 aliphatic heterocycles. The van der Waals surface area contributed by atoms with Crippen molar-refractivity contribution in [3.63, 3.8) is 0 Å². The highest BCUT2D eigenvalue weighted by Gasteiger charge is 2.32. The summed E-state index contributed by atoms with van der Waals surface area (Å²) in [6.45, 7) is 2.48. The van der Waals surface area contributed by atoms with E-state index in [1.807, 2.05) is 0 Å². The Bertz CT molecular complexity index is 726. The van der Waals surface area contributed by atoms with E-state index in [1.165, 1.54) is 6.07 Å². The van der Waals surface area contributed by atoms with Gasteiger partial charge in [0.2, 0.25) is 5.91 Å². The van der Waals surface area contributed by atoms with Crippen LogP contribution >= 0.6 is 12.4 Å². The predicted molar refractivity (Wildman–Crippen MR) is 109 cm³/mol. The number of rotatable bonds is 3. The lowest BCUT2D eigenvalue weighted by Gasteiger charge is -2.36. The normalized spacial score (nSPS) is 22.6. The number of amides is 3. The van der Waals surface area contributed by atoms with Crippen LogP contribution in [0.15, 0.2) is 18.2 Å². The van der Waals surface area contributed by atoms with Crippen LogP contribution < -0.4 is 10.6 Å². The summed E-state index contributed by atoms with van der Waals surface area (Å²) >= 11 is 0. The number of benzene rings is 1. The van der Waals surface area contributed by atoms with Gasteiger partial charge in [-0.15, -0.1) is 12.4 Å². The first-order valence-electron chi connectivity index (χ1n) is 9.79. The smallest absolute Gasteiger partial charge is 0.319 e. The molecule has 0 spiro atoms. The minimum atomic E-state index is -0.864. The second-order valence-corrected chi connectivity index (χ2v) is 7.83. The van der Waals surface area contributed by atoms with Crippen LogP contribution in [0.25, 0.3) is 0 Å². The number of piperidine rings is 2. The van der Waals surface area contributed by atoms with Gasteiger partial charge in [0.25, 0.3) is 0 Å². The minimum Gasteiger partial charge on any atom is -0.351 e. The quantitative estimate of drug-likeness (QED) is 0.773. The van der Waals surface area contributed by atoms with Crippen molar-refractivity contribution in [3.05, 3.63) is 35.4 Å². The molecular formula is C20H29ClF2N4O2. The average Bonchev–Trinajstić information content (AvgIpc) is 2.70. The van der Waals surface area contributed by atoms with Crippen molar-refractivity contribution in [2.24, 2.45) is 5.92 Å². The maximum atomic E-state index is 13.7. The van der Waals surface area contributed by atoms with Gasteiger partial charge < -0.3 is 20.4 Å². The van der Waals surface area contributed by atoms with Crippen LogP contribution in [0.4, 0.5) is 13.6 Å². The molecule has 0 aromatic heterocycles. The Labute approximate surface area is 176 Å². The highest BCUT2D eigenvalue weighted by atomic mass is 35.5. The molecule has 9 heteroatoms. The monoisotopic (exact) mass is 430 g/mol. The van der Waals surface area contributed by atoms with E-state index in [0.717, 1.165) is 19.0 Å². The van der Waals surface area contributed by atoms with Gasteiger partial charge in [-0.05, 0) is 43.5 Å². The molecule has 2 fully saturated rings. The number of urea groups is 1. The van der Waals surface area contributed by atoms with Gasteiger partial charge in [-0.3, -0.25) is 4.79 Å². The number of likely N-dealkylation sites (tertiary alicyclic amines) is 1. The molecule has 0 bridgehead atoms. The van der Waals surface area contributed by atoms with Gasteiger partial charge >= 0.3 is 6.03 Å². The fourth-order valence-corrected chi connectivity index (χ4v) is 4.07. The summed E-state index contributed by atoms with van der Waals surface area (Å²) in [5.74, 6) is -1.95. The summed E-state index contributed by atoms with van der Waals surface area (Å²) in [7, 11) is 3.44. The molecule has 2 N–H and O–H groups in total. The largest absolute Gasteiger partial charge is 0.351 e. The van der Waals surface area contributed by atoms with Crippen LogP contribution in [0.2, 0.25) is 0 Å². The first kappa shape index (κ1) is 23.3. The van der Waals surface area contributed by atoms with Gasteiger partial charge in [-0.1, -0.05) is 6.07 Å².